The maximum Gasteiger partial charge on any atom is 0.258 e. The predicted octanol–water partition coefficient (Wildman–Crippen LogP) is 3.15. The Labute approximate surface area is 145 Å². The molecular weight excluding hydrogens is 322 g/mol. The zero-order valence-electron chi connectivity index (χ0n) is 14.1. The van der Waals surface area contributed by atoms with Crippen LogP contribution in [0.4, 0.5) is 0 Å². The maximum atomic E-state index is 11.8. The van der Waals surface area contributed by atoms with E-state index in [-0.39, 0.29) is 18.4 Å². The van der Waals surface area contributed by atoms with Crippen molar-refractivity contribution in [1.82, 2.24) is 15.5 Å². The van der Waals surface area contributed by atoms with Gasteiger partial charge in [0.05, 0.1) is 12.8 Å². The summed E-state index contributed by atoms with van der Waals surface area (Å²) in [5, 5.41) is 6.66. The molecule has 0 atom stereocenters. The lowest BCUT2D eigenvalue weighted by molar-refractivity contribution is -0.123. The van der Waals surface area contributed by atoms with Crippen LogP contribution in [0.25, 0.3) is 11.5 Å². The fourth-order valence-electron chi connectivity index (χ4n) is 2.10. The largest absolute Gasteiger partial charge is 0.484 e. The molecule has 1 amide bonds. The topological polar surface area (TPSA) is 90.4 Å². The van der Waals surface area contributed by atoms with Crippen LogP contribution in [0.15, 0.2) is 51.6 Å². The van der Waals surface area contributed by atoms with E-state index in [4.69, 9.17) is 13.7 Å². The SMILES string of the molecule is CC(C)c1noc(-c2cccc(OCC(=O)NCc3ccco3)c2)n1. The van der Waals surface area contributed by atoms with E-state index < -0.39 is 0 Å². The molecule has 0 aliphatic heterocycles. The van der Waals surface area contributed by atoms with Crippen molar-refractivity contribution in [2.45, 2.75) is 26.3 Å². The minimum Gasteiger partial charge on any atom is -0.484 e. The first-order valence-electron chi connectivity index (χ1n) is 7.98. The number of rotatable bonds is 7. The predicted molar refractivity (Wildman–Crippen MR) is 89.9 cm³/mol. The molecule has 0 spiro atoms. The summed E-state index contributed by atoms with van der Waals surface area (Å²) in [6.45, 7) is 4.23. The second kappa shape index (κ2) is 7.65. The molecule has 2 aromatic heterocycles. The van der Waals surface area contributed by atoms with Gasteiger partial charge in [0.2, 0.25) is 0 Å². The minimum atomic E-state index is -0.235. The minimum absolute atomic E-state index is 0.0920. The van der Waals surface area contributed by atoms with E-state index in [0.717, 1.165) is 5.56 Å². The number of carbonyl (C=O) groups is 1. The Morgan fingerprint density at radius 1 is 1.28 bits per heavy atom. The Morgan fingerprint density at radius 2 is 2.16 bits per heavy atom. The molecule has 0 bridgehead atoms. The summed E-state index contributed by atoms with van der Waals surface area (Å²) in [6.07, 6.45) is 1.56. The number of carbonyl (C=O) groups excluding carboxylic acids is 1. The summed E-state index contributed by atoms with van der Waals surface area (Å²) in [7, 11) is 0. The van der Waals surface area contributed by atoms with Gasteiger partial charge < -0.3 is 19.0 Å². The van der Waals surface area contributed by atoms with Gasteiger partial charge >= 0.3 is 0 Å². The third-order valence-electron chi connectivity index (χ3n) is 3.45. The molecule has 3 aromatic rings. The first-order valence-corrected chi connectivity index (χ1v) is 7.98. The molecule has 0 radical (unpaired) electrons. The van der Waals surface area contributed by atoms with Gasteiger partial charge in [0.25, 0.3) is 11.8 Å². The number of amides is 1. The lowest BCUT2D eigenvalue weighted by Gasteiger charge is -2.07. The van der Waals surface area contributed by atoms with Crippen LogP contribution in [-0.2, 0) is 11.3 Å². The zero-order valence-corrected chi connectivity index (χ0v) is 14.1. The normalized spacial score (nSPS) is 10.8. The number of ether oxygens (including phenoxy) is 1. The summed E-state index contributed by atoms with van der Waals surface area (Å²) in [5.74, 6) is 2.27. The molecule has 3 rings (SSSR count). The Bertz CT molecular complexity index is 824. The Kier molecular flexibility index (Phi) is 5.13. The van der Waals surface area contributed by atoms with Crippen molar-refractivity contribution in [3.63, 3.8) is 0 Å². The van der Waals surface area contributed by atoms with Crippen LogP contribution in [0.3, 0.4) is 0 Å². The standard InChI is InChI=1S/C18H19N3O4/c1-12(2)17-20-18(25-21-17)13-5-3-6-14(9-13)24-11-16(22)19-10-15-7-4-8-23-15/h3-9,12H,10-11H2,1-2H3,(H,19,22). The first-order chi connectivity index (χ1) is 12.1. The number of nitrogens with one attached hydrogen (secondary N) is 1. The molecule has 7 heteroatoms. The molecule has 0 saturated heterocycles. The summed E-state index contributed by atoms with van der Waals surface area (Å²) < 4.78 is 15.9. The van der Waals surface area contributed by atoms with Gasteiger partial charge in [-0.25, -0.2) is 0 Å². The summed E-state index contributed by atoms with van der Waals surface area (Å²) in [5.41, 5.74) is 0.743. The third-order valence-corrected chi connectivity index (χ3v) is 3.45. The van der Waals surface area contributed by atoms with Crippen molar-refractivity contribution in [1.29, 1.82) is 0 Å². The number of hydrogen-bond donors (Lipinski definition) is 1. The zero-order chi connectivity index (χ0) is 17.6. The van der Waals surface area contributed by atoms with Crippen molar-refractivity contribution >= 4 is 5.91 Å². The Hall–Kier alpha value is -3.09. The molecular formula is C18H19N3O4. The van der Waals surface area contributed by atoms with Crippen LogP contribution in [0.5, 0.6) is 5.75 Å². The number of nitrogens with zero attached hydrogens (tertiary/aromatic N) is 2. The van der Waals surface area contributed by atoms with Gasteiger partial charge in [-0.05, 0) is 30.3 Å². The van der Waals surface area contributed by atoms with Gasteiger partial charge in [0.1, 0.15) is 11.5 Å². The average molecular weight is 341 g/mol. The number of furan rings is 1. The molecule has 25 heavy (non-hydrogen) atoms. The number of hydrogen-bond acceptors (Lipinski definition) is 6. The second-order valence-corrected chi connectivity index (χ2v) is 5.79. The fraction of sp³-hybridized carbons (Fsp3) is 0.278. The number of benzene rings is 1. The smallest absolute Gasteiger partial charge is 0.258 e. The van der Waals surface area contributed by atoms with Crippen LogP contribution in [0.1, 0.15) is 31.4 Å². The monoisotopic (exact) mass is 341 g/mol. The van der Waals surface area contributed by atoms with E-state index in [0.29, 0.717) is 29.8 Å². The maximum absolute atomic E-state index is 11.8. The van der Waals surface area contributed by atoms with E-state index in [2.05, 4.69) is 15.5 Å². The van der Waals surface area contributed by atoms with Crippen molar-refractivity contribution < 1.29 is 18.5 Å². The molecule has 2 heterocycles. The van der Waals surface area contributed by atoms with Crippen LogP contribution >= 0.6 is 0 Å². The Balaban J connectivity index is 1.56. The van der Waals surface area contributed by atoms with Gasteiger partial charge in [-0.15, -0.1) is 0 Å². The summed E-state index contributed by atoms with van der Waals surface area (Å²) in [4.78, 5) is 16.2. The van der Waals surface area contributed by atoms with Crippen molar-refractivity contribution in [2.75, 3.05) is 6.61 Å². The highest BCUT2D eigenvalue weighted by Gasteiger charge is 2.12. The Morgan fingerprint density at radius 3 is 2.88 bits per heavy atom. The average Bonchev–Trinajstić information content (AvgIpc) is 3.30. The lowest BCUT2D eigenvalue weighted by Crippen LogP contribution is -2.28. The molecule has 1 N–H and O–H groups in total. The first kappa shape index (κ1) is 16.8. The molecule has 0 unspecified atom stereocenters. The molecule has 0 aliphatic rings. The highest BCUT2D eigenvalue weighted by molar-refractivity contribution is 5.77. The molecule has 7 nitrogen and oxygen atoms in total. The van der Waals surface area contributed by atoms with Crippen LogP contribution in [0, 0.1) is 0 Å². The third kappa shape index (κ3) is 4.47. The highest BCUT2D eigenvalue weighted by Crippen LogP contribution is 2.23. The summed E-state index contributed by atoms with van der Waals surface area (Å²) in [6, 6.07) is 10.7. The van der Waals surface area contributed by atoms with Crippen molar-refractivity contribution in [3.8, 4) is 17.2 Å². The fourth-order valence-corrected chi connectivity index (χ4v) is 2.10. The quantitative estimate of drug-likeness (QED) is 0.710. The van der Waals surface area contributed by atoms with Crippen LogP contribution in [-0.4, -0.2) is 22.7 Å². The van der Waals surface area contributed by atoms with E-state index in [1.165, 1.54) is 0 Å². The molecule has 0 saturated carbocycles. The molecule has 130 valence electrons. The van der Waals surface area contributed by atoms with E-state index in [9.17, 15) is 4.79 Å². The van der Waals surface area contributed by atoms with E-state index in [1.54, 1.807) is 30.5 Å². The highest BCUT2D eigenvalue weighted by atomic mass is 16.5. The van der Waals surface area contributed by atoms with Gasteiger partial charge in [0.15, 0.2) is 12.4 Å². The van der Waals surface area contributed by atoms with E-state index in [1.807, 2.05) is 26.0 Å². The lowest BCUT2D eigenvalue weighted by atomic mass is 10.2. The van der Waals surface area contributed by atoms with Gasteiger partial charge in [-0.3, -0.25) is 4.79 Å². The number of aromatic nitrogens is 2. The molecule has 0 aliphatic carbocycles. The van der Waals surface area contributed by atoms with Gasteiger partial charge in [-0.2, -0.15) is 4.98 Å². The molecule has 0 fully saturated rings. The van der Waals surface area contributed by atoms with Crippen LogP contribution in [0.2, 0.25) is 0 Å². The van der Waals surface area contributed by atoms with Gasteiger partial charge in [-0.1, -0.05) is 25.1 Å². The second-order valence-electron chi connectivity index (χ2n) is 5.79. The summed E-state index contributed by atoms with van der Waals surface area (Å²) >= 11 is 0. The van der Waals surface area contributed by atoms with Crippen LogP contribution < -0.4 is 10.1 Å². The van der Waals surface area contributed by atoms with Crippen molar-refractivity contribution in [2.24, 2.45) is 0 Å². The van der Waals surface area contributed by atoms with Crippen molar-refractivity contribution in [3.05, 3.63) is 54.2 Å². The molecule has 1 aromatic carbocycles. The van der Waals surface area contributed by atoms with Gasteiger partial charge in [0, 0.05) is 11.5 Å². The van der Waals surface area contributed by atoms with E-state index >= 15 is 0 Å².